The summed E-state index contributed by atoms with van der Waals surface area (Å²) in [6, 6.07) is -3.56. The van der Waals surface area contributed by atoms with Gasteiger partial charge in [0.1, 0.15) is 24.2 Å². The monoisotopic (exact) mass is 598 g/mol. The smallest absolute Gasteiger partial charge is 0.320 e. The van der Waals surface area contributed by atoms with E-state index < -0.39 is 59.9 Å². The van der Waals surface area contributed by atoms with Gasteiger partial charge in [0.05, 0.1) is 0 Å². The van der Waals surface area contributed by atoms with Crippen molar-refractivity contribution in [1.29, 1.82) is 5.41 Å². The second-order valence-electron chi connectivity index (χ2n) is 8.50. The number of primary amides is 1. The van der Waals surface area contributed by atoms with E-state index in [1.807, 2.05) is 13.8 Å². The number of nitrogens with two attached hydrogens (primary N) is 6. The van der Waals surface area contributed by atoms with Crippen LogP contribution in [0.4, 0.5) is 0 Å². The highest BCUT2D eigenvalue weighted by molar-refractivity contribution is 5.77. The fourth-order valence-electron chi connectivity index (χ4n) is 1.99. The Kier molecular flexibility index (Phi) is 28.1. The molecule has 0 radical (unpaired) electrons. The lowest BCUT2D eigenvalue weighted by molar-refractivity contribution is -0.141. The maximum atomic E-state index is 10.2. The first kappa shape index (κ1) is 44.0. The molecule has 41 heavy (non-hydrogen) atoms. The van der Waals surface area contributed by atoms with Crippen LogP contribution in [0.3, 0.4) is 0 Å². The lowest BCUT2D eigenvalue weighted by atomic mass is 10.0. The van der Waals surface area contributed by atoms with Crippen molar-refractivity contribution in [2.24, 2.45) is 40.3 Å². The van der Waals surface area contributed by atoms with Crippen LogP contribution in [-0.4, -0.2) is 98.0 Å². The van der Waals surface area contributed by atoms with Gasteiger partial charge in [-0.05, 0) is 31.6 Å². The standard InChI is InChI=1S/C6H14N4O2.C6H13NO2.C5H10N2O3.C5H9NO4/c7-4(5(11)12)2-1-3-10-6(8)9;1-3-4(2)5(7)6(8)9;2*6-3(5(9)10)1-2-4(7)8/h4H,1-3,7H2,(H,11,12)(H4,8,9,10);4-5H,3,7H2,1-2H3,(H,8,9);3H,1-2,6H2,(H2,7,8)(H,9,10);3H,1-2,6H2,(H,7,8)(H,9,10). The van der Waals surface area contributed by atoms with Gasteiger partial charge in [0.25, 0.3) is 0 Å². The third-order valence-corrected chi connectivity index (χ3v) is 4.87. The Balaban J connectivity index is -0.000000224. The molecule has 19 nitrogen and oxygen atoms in total. The fraction of sp³-hybridized carbons (Fsp3) is 0.682. The molecule has 5 atom stereocenters. The molecule has 0 heterocycles. The number of nitrogens with one attached hydrogen (secondary N) is 2. The lowest BCUT2D eigenvalue weighted by Gasteiger charge is -2.11. The van der Waals surface area contributed by atoms with Gasteiger partial charge in [-0.2, -0.15) is 0 Å². The summed E-state index contributed by atoms with van der Waals surface area (Å²) in [5.41, 5.74) is 30.3. The summed E-state index contributed by atoms with van der Waals surface area (Å²) >= 11 is 0. The minimum absolute atomic E-state index is 0.0213. The number of amides is 1. The summed E-state index contributed by atoms with van der Waals surface area (Å²) in [7, 11) is 0. The van der Waals surface area contributed by atoms with E-state index >= 15 is 0 Å². The van der Waals surface area contributed by atoms with Crippen LogP contribution in [0.5, 0.6) is 0 Å². The molecule has 19 N–H and O–H groups in total. The van der Waals surface area contributed by atoms with Crippen molar-refractivity contribution >= 4 is 41.7 Å². The van der Waals surface area contributed by atoms with Gasteiger partial charge >= 0.3 is 29.8 Å². The molecule has 240 valence electrons. The van der Waals surface area contributed by atoms with Gasteiger partial charge in [0.2, 0.25) is 5.91 Å². The third-order valence-electron chi connectivity index (χ3n) is 4.87. The first-order valence-electron chi connectivity index (χ1n) is 12.2. The lowest BCUT2D eigenvalue weighted by Crippen LogP contribution is -2.36. The van der Waals surface area contributed by atoms with Crippen molar-refractivity contribution in [1.82, 2.24) is 5.32 Å². The maximum absolute atomic E-state index is 10.2. The number of hydrogen-bond acceptors (Lipinski definition) is 11. The second-order valence-corrected chi connectivity index (χ2v) is 8.50. The van der Waals surface area contributed by atoms with Crippen LogP contribution < -0.4 is 39.7 Å². The number of rotatable bonds is 16. The van der Waals surface area contributed by atoms with E-state index in [0.717, 1.165) is 6.42 Å². The van der Waals surface area contributed by atoms with Crippen LogP contribution in [0.25, 0.3) is 0 Å². The SMILES string of the molecule is CCC(C)C(N)C(=O)O.N=C(N)NCCCC(N)C(=O)O.NC(=O)CCC(N)C(=O)O.NC(CCC(=O)O)C(=O)O. The number of hydrogen-bond donors (Lipinski definition) is 13. The summed E-state index contributed by atoms with van der Waals surface area (Å²) in [5, 5.41) is 50.6. The molecular weight excluding hydrogens is 552 g/mol. The summed E-state index contributed by atoms with van der Waals surface area (Å²) in [6.07, 6.45) is 1.69. The van der Waals surface area contributed by atoms with Crippen LogP contribution in [0.1, 0.15) is 58.8 Å². The minimum atomic E-state index is -1.17. The molecule has 0 saturated heterocycles. The molecule has 0 bridgehead atoms. The molecule has 0 saturated carbocycles. The summed E-state index contributed by atoms with van der Waals surface area (Å²) < 4.78 is 0. The highest BCUT2D eigenvalue weighted by atomic mass is 16.4. The number of carbonyl (C=O) groups is 6. The predicted molar refractivity (Wildman–Crippen MR) is 146 cm³/mol. The molecule has 0 aromatic heterocycles. The van der Waals surface area contributed by atoms with Crippen LogP contribution in [0, 0.1) is 11.3 Å². The van der Waals surface area contributed by atoms with Crippen molar-refractivity contribution in [2.75, 3.05) is 6.54 Å². The van der Waals surface area contributed by atoms with E-state index in [1.54, 1.807) is 0 Å². The van der Waals surface area contributed by atoms with Crippen molar-refractivity contribution in [2.45, 2.75) is 83.0 Å². The zero-order valence-electron chi connectivity index (χ0n) is 23.2. The van der Waals surface area contributed by atoms with Crippen LogP contribution in [-0.2, 0) is 28.8 Å². The molecule has 0 aliphatic rings. The molecule has 1 amide bonds. The van der Waals surface area contributed by atoms with Crippen LogP contribution in [0.15, 0.2) is 0 Å². The molecule has 19 heteroatoms. The molecule has 0 aliphatic carbocycles. The fourth-order valence-corrected chi connectivity index (χ4v) is 1.99. The first-order chi connectivity index (χ1) is 18.7. The van der Waals surface area contributed by atoms with E-state index in [2.05, 4.69) is 5.32 Å². The van der Waals surface area contributed by atoms with Crippen molar-refractivity contribution in [3.05, 3.63) is 0 Å². The van der Waals surface area contributed by atoms with Gasteiger partial charge in [0.15, 0.2) is 5.96 Å². The highest BCUT2D eigenvalue weighted by Gasteiger charge is 2.17. The highest BCUT2D eigenvalue weighted by Crippen LogP contribution is 2.04. The van der Waals surface area contributed by atoms with E-state index in [0.29, 0.717) is 19.4 Å². The van der Waals surface area contributed by atoms with E-state index in [4.69, 9.17) is 65.3 Å². The first-order valence-corrected chi connectivity index (χ1v) is 12.2. The Morgan fingerprint density at radius 1 is 0.707 bits per heavy atom. The minimum Gasteiger partial charge on any atom is -0.481 e. The quantitative estimate of drug-likeness (QED) is 0.0478. The maximum Gasteiger partial charge on any atom is 0.320 e. The third kappa shape index (κ3) is 33.9. The topological polar surface area (TPSA) is 396 Å². The van der Waals surface area contributed by atoms with Crippen molar-refractivity contribution in [3.63, 3.8) is 0 Å². The Labute approximate surface area is 237 Å². The molecular formula is C22H46N8O11. The zero-order valence-corrected chi connectivity index (χ0v) is 23.2. The number of carboxylic acid groups (broad SMARTS) is 5. The van der Waals surface area contributed by atoms with Crippen molar-refractivity contribution in [3.8, 4) is 0 Å². The van der Waals surface area contributed by atoms with E-state index in [-0.39, 0.29) is 37.6 Å². The van der Waals surface area contributed by atoms with Crippen LogP contribution in [0.2, 0.25) is 0 Å². The van der Waals surface area contributed by atoms with Gasteiger partial charge in [-0.15, -0.1) is 0 Å². The predicted octanol–water partition coefficient (Wildman–Crippen LogP) is -2.97. The normalized spacial score (nSPS) is 13.3. The Hall–Kier alpha value is -4.07. The van der Waals surface area contributed by atoms with Gasteiger partial charge in [-0.1, -0.05) is 20.3 Å². The Morgan fingerprint density at radius 3 is 1.37 bits per heavy atom. The summed E-state index contributed by atoms with van der Waals surface area (Å²) in [6.45, 7) is 4.24. The molecule has 0 fully saturated rings. The van der Waals surface area contributed by atoms with Gasteiger partial charge < -0.3 is 65.3 Å². The van der Waals surface area contributed by atoms with Gasteiger partial charge in [-0.3, -0.25) is 34.2 Å². The van der Waals surface area contributed by atoms with Crippen molar-refractivity contribution < 1.29 is 54.3 Å². The summed E-state index contributed by atoms with van der Waals surface area (Å²) in [4.78, 5) is 60.4. The molecule has 0 aromatic carbocycles. The van der Waals surface area contributed by atoms with E-state index in [9.17, 15) is 28.8 Å². The second kappa shape index (κ2) is 26.2. The summed E-state index contributed by atoms with van der Waals surface area (Å²) in [5.74, 6) is -5.79. The Bertz CT molecular complexity index is 795. The molecule has 0 aliphatic heterocycles. The molecule has 5 unspecified atom stereocenters. The largest absolute Gasteiger partial charge is 0.481 e. The van der Waals surface area contributed by atoms with E-state index in [1.165, 1.54) is 0 Å². The number of guanidine groups is 1. The number of carboxylic acids is 5. The zero-order chi connectivity index (χ0) is 33.3. The van der Waals surface area contributed by atoms with Crippen LogP contribution >= 0.6 is 0 Å². The average molecular weight is 599 g/mol. The number of aliphatic carboxylic acids is 5. The molecule has 0 spiro atoms. The average Bonchev–Trinajstić information content (AvgIpc) is 2.87. The molecule has 0 rings (SSSR count). The molecule has 0 aromatic rings. The number of carbonyl (C=O) groups excluding carboxylic acids is 1. The van der Waals surface area contributed by atoms with Gasteiger partial charge in [0, 0.05) is 19.4 Å². The Morgan fingerprint density at radius 2 is 1.10 bits per heavy atom. The van der Waals surface area contributed by atoms with Gasteiger partial charge in [-0.25, -0.2) is 0 Å².